The van der Waals surface area contributed by atoms with Crippen LogP contribution in [0.5, 0.6) is 0 Å². The highest BCUT2D eigenvalue weighted by molar-refractivity contribution is 5.82. The molecule has 0 spiro atoms. The zero-order valence-electron chi connectivity index (χ0n) is 12.0. The molecule has 3 rings (SSSR count). The third-order valence-electron chi connectivity index (χ3n) is 3.58. The van der Waals surface area contributed by atoms with Crippen molar-refractivity contribution >= 4 is 17.0 Å². The van der Waals surface area contributed by atoms with Crippen molar-refractivity contribution in [1.82, 2.24) is 9.55 Å². The first-order valence-electron chi connectivity index (χ1n) is 6.79. The second-order valence-corrected chi connectivity index (χ2v) is 5.26. The first-order chi connectivity index (χ1) is 10.0. The van der Waals surface area contributed by atoms with E-state index in [2.05, 4.69) is 24.0 Å². The number of carboxylic acids is 1. The molecule has 0 amide bonds. The molecule has 3 aromatic rings. The maximum absolute atomic E-state index is 10.8. The summed E-state index contributed by atoms with van der Waals surface area (Å²) in [5, 5.41) is 8.88. The Kier molecular flexibility index (Phi) is 3.22. The second kappa shape index (κ2) is 5.05. The third-order valence-corrected chi connectivity index (χ3v) is 3.58. The number of nitrogens with zero attached hydrogens (tertiary/aromatic N) is 2. The van der Waals surface area contributed by atoms with Crippen molar-refractivity contribution in [3.05, 3.63) is 53.6 Å². The van der Waals surface area contributed by atoms with Gasteiger partial charge in [-0.25, -0.2) is 4.98 Å². The van der Waals surface area contributed by atoms with Gasteiger partial charge in [0.05, 0.1) is 17.5 Å². The molecule has 0 atom stereocenters. The zero-order chi connectivity index (χ0) is 15.0. The average molecular weight is 280 g/mol. The van der Waals surface area contributed by atoms with Gasteiger partial charge in [-0.05, 0) is 30.7 Å². The van der Waals surface area contributed by atoms with Crippen LogP contribution in [-0.2, 0) is 18.3 Å². The number of aromatic nitrogens is 2. The fourth-order valence-electron chi connectivity index (χ4n) is 2.57. The number of carboxylic acid groups (broad SMARTS) is 1. The molecular weight excluding hydrogens is 264 g/mol. The quantitative estimate of drug-likeness (QED) is 0.801. The van der Waals surface area contributed by atoms with Crippen molar-refractivity contribution in [2.45, 2.75) is 13.3 Å². The summed E-state index contributed by atoms with van der Waals surface area (Å²) in [6, 6.07) is 13.8. The summed E-state index contributed by atoms with van der Waals surface area (Å²) < 4.78 is 2.04. The number of hydrogen-bond donors (Lipinski definition) is 1. The highest BCUT2D eigenvalue weighted by atomic mass is 16.4. The lowest BCUT2D eigenvalue weighted by Gasteiger charge is -2.03. The molecule has 1 N–H and O–H groups in total. The summed E-state index contributed by atoms with van der Waals surface area (Å²) in [6.07, 6.45) is 0.0201. The number of benzene rings is 2. The van der Waals surface area contributed by atoms with Crippen LogP contribution in [0.2, 0.25) is 0 Å². The number of hydrogen-bond acceptors (Lipinski definition) is 2. The summed E-state index contributed by atoms with van der Waals surface area (Å²) in [7, 11) is 1.98. The lowest BCUT2D eigenvalue weighted by Crippen LogP contribution is -1.99. The van der Waals surface area contributed by atoms with Crippen LogP contribution in [-0.4, -0.2) is 20.6 Å². The van der Waals surface area contributed by atoms with Gasteiger partial charge in [-0.3, -0.25) is 4.79 Å². The first kappa shape index (κ1) is 13.4. The number of rotatable bonds is 3. The third kappa shape index (κ3) is 2.52. The molecule has 0 fully saturated rings. The predicted molar refractivity (Wildman–Crippen MR) is 82.2 cm³/mol. The molecule has 106 valence electrons. The predicted octanol–water partition coefficient (Wildman–Crippen LogP) is 3.18. The topological polar surface area (TPSA) is 55.1 Å². The van der Waals surface area contributed by atoms with E-state index in [9.17, 15) is 4.79 Å². The van der Waals surface area contributed by atoms with E-state index < -0.39 is 5.97 Å². The van der Waals surface area contributed by atoms with E-state index in [1.54, 1.807) is 0 Å². The molecule has 1 aromatic heterocycles. The first-order valence-corrected chi connectivity index (χ1v) is 6.79. The van der Waals surface area contributed by atoms with Crippen LogP contribution in [0.3, 0.4) is 0 Å². The van der Waals surface area contributed by atoms with Gasteiger partial charge in [0, 0.05) is 12.6 Å². The number of aliphatic carboxylic acids is 1. The lowest BCUT2D eigenvalue weighted by molar-refractivity contribution is -0.136. The molecule has 21 heavy (non-hydrogen) atoms. The van der Waals surface area contributed by atoms with Gasteiger partial charge in [0.25, 0.3) is 0 Å². The van der Waals surface area contributed by atoms with Gasteiger partial charge in [-0.15, -0.1) is 0 Å². The van der Waals surface area contributed by atoms with Crippen LogP contribution in [0.15, 0.2) is 42.5 Å². The number of imidazole rings is 1. The standard InChI is InChI=1S/C17H16N2O2/c1-11-4-3-5-13(8-11)17-18-14-9-12(10-16(20)21)6-7-15(14)19(17)2/h3-9H,10H2,1-2H3,(H,20,21). The Morgan fingerprint density at radius 2 is 2.05 bits per heavy atom. The molecule has 0 saturated heterocycles. The minimum atomic E-state index is -0.829. The zero-order valence-corrected chi connectivity index (χ0v) is 12.0. The van der Waals surface area contributed by atoms with Gasteiger partial charge in [-0.2, -0.15) is 0 Å². The van der Waals surface area contributed by atoms with E-state index in [1.165, 1.54) is 5.56 Å². The van der Waals surface area contributed by atoms with Crippen LogP contribution in [0, 0.1) is 6.92 Å². The molecule has 4 nitrogen and oxygen atoms in total. The van der Waals surface area contributed by atoms with Crippen molar-refractivity contribution < 1.29 is 9.90 Å². The Hall–Kier alpha value is -2.62. The fourth-order valence-corrected chi connectivity index (χ4v) is 2.57. The highest BCUT2D eigenvalue weighted by Gasteiger charge is 2.11. The van der Waals surface area contributed by atoms with Crippen molar-refractivity contribution in [3.63, 3.8) is 0 Å². The second-order valence-electron chi connectivity index (χ2n) is 5.26. The van der Waals surface area contributed by atoms with Gasteiger partial charge in [0.1, 0.15) is 5.82 Å². The Labute approximate surface area is 122 Å². The molecule has 1 heterocycles. The molecule has 4 heteroatoms. The molecule has 0 saturated carbocycles. The SMILES string of the molecule is Cc1cccc(-c2nc3cc(CC(=O)O)ccc3n2C)c1. The van der Waals surface area contributed by atoms with Crippen LogP contribution in [0.1, 0.15) is 11.1 Å². The largest absolute Gasteiger partial charge is 0.481 e. The lowest BCUT2D eigenvalue weighted by atomic mass is 10.1. The van der Waals surface area contributed by atoms with E-state index in [4.69, 9.17) is 5.11 Å². The minimum Gasteiger partial charge on any atom is -0.481 e. The normalized spacial score (nSPS) is 11.0. The van der Waals surface area contributed by atoms with Crippen LogP contribution < -0.4 is 0 Å². The molecule has 0 radical (unpaired) electrons. The summed E-state index contributed by atoms with van der Waals surface area (Å²) >= 11 is 0. The van der Waals surface area contributed by atoms with Crippen molar-refractivity contribution in [2.24, 2.45) is 7.05 Å². The van der Waals surface area contributed by atoms with Crippen LogP contribution in [0.25, 0.3) is 22.4 Å². The molecule has 2 aromatic carbocycles. The maximum Gasteiger partial charge on any atom is 0.307 e. The van der Waals surface area contributed by atoms with Crippen LogP contribution >= 0.6 is 0 Å². The number of fused-ring (bicyclic) bond motifs is 1. The Morgan fingerprint density at radius 1 is 1.24 bits per heavy atom. The molecule has 0 bridgehead atoms. The monoisotopic (exact) mass is 280 g/mol. The van der Waals surface area contributed by atoms with Crippen molar-refractivity contribution in [1.29, 1.82) is 0 Å². The molecule has 0 aliphatic carbocycles. The van der Waals surface area contributed by atoms with Gasteiger partial charge in [0.15, 0.2) is 0 Å². The molecule has 0 aliphatic rings. The van der Waals surface area contributed by atoms with Crippen LogP contribution in [0.4, 0.5) is 0 Å². The van der Waals surface area contributed by atoms with Crippen molar-refractivity contribution in [3.8, 4) is 11.4 Å². The smallest absolute Gasteiger partial charge is 0.307 e. The Bertz CT molecular complexity index is 834. The maximum atomic E-state index is 10.8. The Balaban J connectivity index is 2.13. The van der Waals surface area contributed by atoms with E-state index >= 15 is 0 Å². The van der Waals surface area contributed by atoms with Gasteiger partial charge in [-0.1, -0.05) is 29.8 Å². The van der Waals surface area contributed by atoms with Gasteiger partial charge in [0.2, 0.25) is 0 Å². The number of aryl methyl sites for hydroxylation is 2. The van der Waals surface area contributed by atoms with E-state index in [-0.39, 0.29) is 6.42 Å². The fraction of sp³-hybridized carbons (Fsp3) is 0.176. The summed E-state index contributed by atoms with van der Waals surface area (Å²) in [4.78, 5) is 15.5. The summed E-state index contributed by atoms with van der Waals surface area (Å²) in [5.74, 6) is 0.0605. The molecular formula is C17H16N2O2. The van der Waals surface area contributed by atoms with Gasteiger partial charge >= 0.3 is 5.97 Å². The molecule has 0 unspecified atom stereocenters. The minimum absolute atomic E-state index is 0.0201. The average Bonchev–Trinajstić information content (AvgIpc) is 2.75. The highest BCUT2D eigenvalue weighted by Crippen LogP contribution is 2.25. The van der Waals surface area contributed by atoms with E-state index in [1.807, 2.05) is 41.9 Å². The summed E-state index contributed by atoms with van der Waals surface area (Å²) in [5.41, 5.74) is 4.84. The number of carbonyl (C=O) groups is 1. The van der Waals surface area contributed by atoms with E-state index in [0.29, 0.717) is 0 Å². The summed E-state index contributed by atoms with van der Waals surface area (Å²) in [6.45, 7) is 2.05. The van der Waals surface area contributed by atoms with Crippen molar-refractivity contribution in [2.75, 3.05) is 0 Å². The van der Waals surface area contributed by atoms with E-state index in [0.717, 1.165) is 28.0 Å². The molecule has 0 aliphatic heterocycles. The Morgan fingerprint density at radius 3 is 2.76 bits per heavy atom. The van der Waals surface area contributed by atoms with Gasteiger partial charge < -0.3 is 9.67 Å².